The number of thiazole rings is 1. The van der Waals surface area contributed by atoms with Gasteiger partial charge >= 0.3 is 4.87 Å². The summed E-state index contributed by atoms with van der Waals surface area (Å²) in [4.78, 5) is 27.0. The zero-order valence-electron chi connectivity index (χ0n) is 18.8. The van der Waals surface area contributed by atoms with E-state index in [4.69, 9.17) is 5.14 Å². The van der Waals surface area contributed by atoms with E-state index in [2.05, 4.69) is 29.6 Å². The lowest BCUT2D eigenvalue weighted by molar-refractivity contribution is -0.116. The Hall–Kier alpha value is -2.40. The van der Waals surface area contributed by atoms with E-state index < -0.39 is 10.0 Å². The molecule has 2 aromatic carbocycles. The van der Waals surface area contributed by atoms with E-state index in [9.17, 15) is 18.0 Å². The lowest BCUT2D eigenvalue weighted by atomic mass is 9.75. The van der Waals surface area contributed by atoms with E-state index >= 15 is 0 Å². The molecule has 2 aliphatic carbocycles. The first-order valence-electron chi connectivity index (χ1n) is 11.7. The number of sulfonamides is 1. The molecule has 0 unspecified atom stereocenters. The molecule has 0 saturated heterocycles. The van der Waals surface area contributed by atoms with Gasteiger partial charge in [-0.3, -0.25) is 14.2 Å². The number of fused-ring (bicyclic) bond motifs is 6. The Morgan fingerprint density at radius 3 is 2.49 bits per heavy atom. The van der Waals surface area contributed by atoms with Crippen molar-refractivity contribution in [2.75, 3.05) is 5.32 Å². The maximum absolute atomic E-state index is 13.1. The molecule has 3 aromatic rings. The number of carbonyl (C=O) groups is 1. The van der Waals surface area contributed by atoms with Crippen molar-refractivity contribution in [3.8, 4) is 0 Å². The topological polar surface area (TPSA) is 111 Å². The third-order valence-electron chi connectivity index (χ3n) is 7.62. The highest BCUT2D eigenvalue weighted by molar-refractivity contribution is 8.00. The van der Waals surface area contributed by atoms with Crippen LogP contribution in [-0.4, -0.2) is 24.1 Å². The largest absolute Gasteiger partial charge is 0.325 e. The highest BCUT2D eigenvalue weighted by atomic mass is 32.2. The Bertz CT molecular complexity index is 1450. The molecule has 5 atom stereocenters. The van der Waals surface area contributed by atoms with Gasteiger partial charge in [0.05, 0.1) is 9.92 Å². The lowest BCUT2D eigenvalue weighted by Crippen LogP contribution is -2.34. The third kappa shape index (κ3) is 4.06. The average molecular weight is 528 g/mol. The standard InChI is InChI=1S/C25H25N3O4S3/c26-35(31,32)18-10-8-17(9-11-18)27-19(29)13-28-24-23(34-25(28)30)20(14-4-2-1-3-5-14)21-15-6-7-16(12-15)22(21)33-24/h1-5,8-11,15-16,20-22H,6-7,12-13H2,(H,27,29)(H2,26,31,32)/t15-,16-,20-,21-,22+/m0/s1. The van der Waals surface area contributed by atoms with E-state index in [1.54, 1.807) is 16.3 Å². The minimum Gasteiger partial charge on any atom is -0.325 e. The van der Waals surface area contributed by atoms with Crippen LogP contribution in [0.1, 0.15) is 35.6 Å². The summed E-state index contributed by atoms with van der Waals surface area (Å²) in [5.74, 6) is 1.77. The molecule has 182 valence electrons. The molecule has 1 aliphatic heterocycles. The van der Waals surface area contributed by atoms with Gasteiger partial charge in [0.15, 0.2) is 0 Å². The van der Waals surface area contributed by atoms with Crippen LogP contribution >= 0.6 is 23.1 Å². The molecule has 2 fully saturated rings. The minimum atomic E-state index is -3.80. The predicted molar refractivity (Wildman–Crippen MR) is 137 cm³/mol. The number of hydrogen-bond acceptors (Lipinski definition) is 6. The minimum absolute atomic E-state index is 0.0256. The smallest absolute Gasteiger partial charge is 0.308 e. The molecular formula is C25H25N3O4S3. The van der Waals surface area contributed by atoms with Crippen LogP contribution in [0, 0.1) is 17.8 Å². The van der Waals surface area contributed by atoms with Crippen LogP contribution in [0.3, 0.4) is 0 Å². The summed E-state index contributed by atoms with van der Waals surface area (Å²) in [6, 6.07) is 16.2. The van der Waals surface area contributed by atoms with E-state index in [0.717, 1.165) is 9.90 Å². The Kier molecular flexibility index (Phi) is 5.67. The van der Waals surface area contributed by atoms with Gasteiger partial charge in [0.25, 0.3) is 0 Å². The summed E-state index contributed by atoms with van der Waals surface area (Å²) in [5, 5.41) is 9.31. The summed E-state index contributed by atoms with van der Waals surface area (Å²) in [5.41, 5.74) is 1.70. The number of benzene rings is 2. The molecular weight excluding hydrogens is 502 g/mol. The van der Waals surface area contributed by atoms with Gasteiger partial charge in [0.2, 0.25) is 15.9 Å². The molecule has 1 aromatic heterocycles. The van der Waals surface area contributed by atoms with Crippen LogP contribution in [0.4, 0.5) is 5.69 Å². The molecule has 1 amide bonds. The summed E-state index contributed by atoms with van der Waals surface area (Å²) in [6.45, 7) is -0.0817. The number of amides is 1. The molecule has 2 heterocycles. The number of rotatable bonds is 5. The number of thioether (sulfide) groups is 1. The van der Waals surface area contributed by atoms with Crippen LogP contribution in [-0.2, 0) is 21.4 Å². The summed E-state index contributed by atoms with van der Waals surface area (Å²) >= 11 is 3.08. The second-order valence-electron chi connectivity index (χ2n) is 9.62. The van der Waals surface area contributed by atoms with E-state index in [1.165, 1.54) is 60.4 Å². The number of hydrogen-bond donors (Lipinski definition) is 2. The van der Waals surface area contributed by atoms with Crippen LogP contribution in [0.25, 0.3) is 0 Å². The lowest BCUT2D eigenvalue weighted by Gasteiger charge is -2.40. The van der Waals surface area contributed by atoms with Crippen LogP contribution < -0.4 is 15.3 Å². The quantitative estimate of drug-likeness (QED) is 0.524. The van der Waals surface area contributed by atoms with Crippen molar-refractivity contribution in [2.45, 2.75) is 46.9 Å². The number of nitrogens with zero attached hydrogens (tertiary/aromatic N) is 1. The number of primary sulfonamides is 1. The van der Waals surface area contributed by atoms with E-state index in [1.807, 2.05) is 6.07 Å². The average Bonchev–Trinajstić information content (AvgIpc) is 3.52. The highest BCUT2D eigenvalue weighted by Crippen LogP contribution is 2.63. The molecule has 35 heavy (non-hydrogen) atoms. The van der Waals surface area contributed by atoms with Crippen molar-refractivity contribution >= 4 is 44.7 Å². The molecule has 6 rings (SSSR count). The maximum Gasteiger partial charge on any atom is 0.308 e. The van der Waals surface area contributed by atoms with E-state index in [0.29, 0.717) is 28.7 Å². The number of aromatic nitrogens is 1. The van der Waals surface area contributed by atoms with Gasteiger partial charge in [-0.15, -0.1) is 11.8 Å². The second-order valence-corrected chi connectivity index (χ2v) is 13.3. The van der Waals surface area contributed by atoms with Crippen molar-refractivity contribution in [1.82, 2.24) is 4.57 Å². The van der Waals surface area contributed by atoms with Crippen molar-refractivity contribution in [3.63, 3.8) is 0 Å². The number of anilines is 1. The summed E-state index contributed by atoms with van der Waals surface area (Å²) in [6.07, 6.45) is 3.78. The Labute approximate surface area is 211 Å². The fourth-order valence-electron chi connectivity index (χ4n) is 6.19. The first kappa shape index (κ1) is 23.0. The van der Waals surface area contributed by atoms with Gasteiger partial charge in [-0.25, -0.2) is 13.6 Å². The zero-order chi connectivity index (χ0) is 24.3. The van der Waals surface area contributed by atoms with Crippen molar-refractivity contribution in [1.29, 1.82) is 0 Å². The maximum atomic E-state index is 13.1. The van der Waals surface area contributed by atoms with E-state index in [-0.39, 0.29) is 28.1 Å². The SMILES string of the molecule is NS(=O)(=O)c1ccc(NC(=O)Cn2c3c(sc2=O)[C@@H](c2ccccc2)[C@@H]2[C@H]4CC[C@@H](C4)[C@H]2S3)cc1. The first-order chi connectivity index (χ1) is 16.8. The zero-order valence-corrected chi connectivity index (χ0v) is 21.2. The number of nitrogens with one attached hydrogen (secondary N) is 1. The van der Waals surface area contributed by atoms with Gasteiger partial charge in [-0.1, -0.05) is 41.7 Å². The molecule has 10 heteroatoms. The molecule has 2 saturated carbocycles. The van der Waals surface area contributed by atoms with Gasteiger partial charge < -0.3 is 5.32 Å². The fourth-order valence-corrected chi connectivity index (χ4v) is 9.86. The van der Waals surface area contributed by atoms with Gasteiger partial charge in [-0.05, 0) is 66.8 Å². The van der Waals surface area contributed by atoms with Crippen LogP contribution in [0.2, 0.25) is 0 Å². The summed E-state index contributed by atoms with van der Waals surface area (Å²) < 4.78 is 24.5. The first-order valence-corrected chi connectivity index (χ1v) is 14.9. The molecule has 0 spiro atoms. The van der Waals surface area contributed by atoms with Crippen molar-refractivity contribution < 1.29 is 13.2 Å². The van der Waals surface area contributed by atoms with Crippen LogP contribution in [0.15, 0.2) is 69.3 Å². The van der Waals surface area contributed by atoms with Gasteiger partial charge in [0, 0.05) is 21.7 Å². The Balaban J connectivity index is 1.30. The molecule has 3 aliphatic rings. The molecule has 3 N–H and O–H groups in total. The van der Waals surface area contributed by atoms with Crippen molar-refractivity contribution in [3.05, 3.63) is 74.7 Å². The highest BCUT2D eigenvalue weighted by Gasteiger charge is 2.55. The molecule has 0 radical (unpaired) electrons. The van der Waals surface area contributed by atoms with Gasteiger partial charge in [0.1, 0.15) is 6.54 Å². The van der Waals surface area contributed by atoms with Crippen LogP contribution in [0.5, 0.6) is 0 Å². The van der Waals surface area contributed by atoms with Crippen molar-refractivity contribution in [2.24, 2.45) is 22.9 Å². The summed E-state index contributed by atoms with van der Waals surface area (Å²) in [7, 11) is -3.80. The number of carbonyl (C=O) groups excluding carboxylic acids is 1. The third-order valence-corrected chi connectivity index (χ3v) is 11.4. The Morgan fingerprint density at radius 1 is 1.06 bits per heavy atom. The fraction of sp³-hybridized carbons (Fsp3) is 0.360. The Morgan fingerprint density at radius 2 is 1.77 bits per heavy atom. The molecule has 7 nitrogen and oxygen atoms in total. The number of nitrogens with two attached hydrogens (primary N) is 1. The monoisotopic (exact) mass is 527 g/mol. The van der Waals surface area contributed by atoms with Gasteiger partial charge in [-0.2, -0.15) is 0 Å². The predicted octanol–water partition coefficient (Wildman–Crippen LogP) is 3.85. The second kappa shape index (κ2) is 8.62. The normalized spacial score (nSPS) is 26.8. The molecule has 2 bridgehead atoms.